The lowest BCUT2D eigenvalue weighted by Gasteiger charge is -2.56. The summed E-state index contributed by atoms with van der Waals surface area (Å²) in [5.41, 5.74) is -0.799. The minimum atomic E-state index is -0.200. The van der Waals surface area contributed by atoms with E-state index < -0.39 is 0 Å². The summed E-state index contributed by atoms with van der Waals surface area (Å²) in [5, 5.41) is 4.41. The Balaban J connectivity index is 1.81. The van der Waals surface area contributed by atoms with E-state index in [1.165, 1.54) is 0 Å². The molecule has 0 bridgehead atoms. The predicted octanol–water partition coefficient (Wildman–Crippen LogP) is 7.20. The predicted molar refractivity (Wildman–Crippen MR) is 206 cm³/mol. The van der Waals surface area contributed by atoms with Crippen LogP contribution in [0.3, 0.4) is 0 Å². The van der Waals surface area contributed by atoms with Gasteiger partial charge >= 0.3 is 0 Å². The molecule has 0 atom stereocenters. The molecule has 0 amide bonds. The van der Waals surface area contributed by atoms with E-state index in [4.69, 9.17) is 29.4 Å². The number of unbranched alkanes of at least 4 members (excludes halogenated alkanes) is 2. The van der Waals surface area contributed by atoms with Gasteiger partial charge in [-0.3, -0.25) is 9.68 Å². The van der Waals surface area contributed by atoms with Gasteiger partial charge in [0.2, 0.25) is 17.8 Å². The summed E-state index contributed by atoms with van der Waals surface area (Å²) in [5.74, 6) is 2.33. The Kier molecular flexibility index (Phi) is 13.8. The molecular formula is C39H70N8O3. The second-order valence-electron chi connectivity index (χ2n) is 17.1. The standard InChI is InChI=1S/C39H70N8O3/c1-13-17-19-44(31-27-36(5,6)46(49-23-15-3)37(7,8)28-31)34-40-33(43-21-25-48-26-22-43)41-35(42-34)45(20-18-14-2)32-29-38(9,10)47(50-24-16-4)39(11,12)30-32/h15-16,31-32H,3-4,13-14,17-30H2,1-2,5-12H3. The van der Waals surface area contributed by atoms with Gasteiger partial charge in [-0.2, -0.15) is 25.1 Å². The highest BCUT2D eigenvalue weighted by Crippen LogP contribution is 2.43. The van der Waals surface area contributed by atoms with Gasteiger partial charge in [-0.05, 0) is 93.9 Å². The molecule has 3 saturated heterocycles. The molecule has 0 unspecified atom stereocenters. The van der Waals surface area contributed by atoms with Crippen molar-refractivity contribution in [2.45, 2.75) is 155 Å². The fourth-order valence-corrected chi connectivity index (χ4v) is 8.87. The lowest BCUT2D eigenvalue weighted by atomic mass is 9.78. The maximum atomic E-state index is 6.31. The lowest BCUT2D eigenvalue weighted by molar-refractivity contribution is -0.276. The fraction of sp³-hybridized carbons (Fsp3) is 0.821. The molecule has 11 heteroatoms. The van der Waals surface area contributed by atoms with E-state index in [1.54, 1.807) is 0 Å². The van der Waals surface area contributed by atoms with Crippen LogP contribution in [0.2, 0.25) is 0 Å². The molecule has 3 aliphatic rings. The van der Waals surface area contributed by atoms with Crippen LogP contribution in [0.4, 0.5) is 17.8 Å². The number of hydrogen-bond donors (Lipinski definition) is 0. The van der Waals surface area contributed by atoms with Gasteiger partial charge in [-0.15, -0.1) is 13.2 Å². The molecule has 0 aromatic carbocycles. The van der Waals surface area contributed by atoms with Crippen molar-refractivity contribution in [3.63, 3.8) is 0 Å². The Morgan fingerprint density at radius 1 is 0.680 bits per heavy atom. The largest absolute Gasteiger partial charge is 0.378 e. The summed E-state index contributed by atoms with van der Waals surface area (Å²) in [6.45, 7) is 36.3. The average Bonchev–Trinajstić information content (AvgIpc) is 3.03. The first kappa shape index (κ1) is 40.5. The Labute approximate surface area is 304 Å². The Morgan fingerprint density at radius 2 is 1.06 bits per heavy atom. The number of hydrogen-bond acceptors (Lipinski definition) is 11. The maximum absolute atomic E-state index is 6.31. The Bertz CT molecular complexity index is 1130. The molecule has 50 heavy (non-hydrogen) atoms. The van der Waals surface area contributed by atoms with Gasteiger partial charge in [0, 0.05) is 60.4 Å². The number of anilines is 3. The average molecular weight is 699 g/mol. The van der Waals surface area contributed by atoms with E-state index in [0.717, 1.165) is 95.4 Å². The van der Waals surface area contributed by atoms with Crippen LogP contribution in [0, 0.1) is 0 Å². The first-order valence-corrected chi connectivity index (χ1v) is 19.3. The van der Waals surface area contributed by atoms with Crippen LogP contribution >= 0.6 is 0 Å². The third kappa shape index (κ3) is 9.56. The minimum Gasteiger partial charge on any atom is -0.378 e. The van der Waals surface area contributed by atoms with Crippen LogP contribution in [0.1, 0.15) is 121 Å². The summed E-state index contributed by atoms with van der Waals surface area (Å²) < 4.78 is 5.76. The SMILES string of the molecule is C=CCON1C(C)(C)CC(N(CCCC)c2nc(N3CCOCC3)nc(N(CCCC)C3CC(C)(C)N(OCC=C)C(C)(C)C3)n2)CC1(C)C. The zero-order valence-electron chi connectivity index (χ0n) is 33.3. The summed E-state index contributed by atoms with van der Waals surface area (Å²) in [4.78, 5) is 36.0. The van der Waals surface area contributed by atoms with Crippen LogP contribution in [0.25, 0.3) is 0 Å². The highest BCUT2D eigenvalue weighted by Gasteiger charge is 2.50. The highest BCUT2D eigenvalue weighted by atomic mass is 16.7. The summed E-state index contributed by atoms with van der Waals surface area (Å²) in [7, 11) is 0. The molecule has 1 aromatic heterocycles. The van der Waals surface area contributed by atoms with Crippen molar-refractivity contribution in [3.05, 3.63) is 25.3 Å². The third-order valence-corrected chi connectivity index (χ3v) is 10.6. The summed E-state index contributed by atoms with van der Waals surface area (Å²) in [6.07, 6.45) is 11.7. The quantitative estimate of drug-likeness (QED) is 0.155. The smallest absolute Gasteiger partial charge is 0.232 e. The van der Waals surface area contributed by atoms with Gasteiger partial charge in [0.05, 0.1) is 26.4 Å². The number of aromatic nitrogens is 3. The summed E-state index contributed by atoms with van der Waals surface area (Å²) >= 11 is 0. The molecule has 0 spiro atoms. The number of piperidine rings is 2. The molecule has 0 saturated carbocycles. The van der Waals surface area contributed by atoms with Gasteiger partial charge in [-0.25, -0.2) is 0 Å². The Morgan fingerprint density at radius 3 is 1.40 bits per heavy atom. The minimum absolute atomic E-state index is 0.200. The molecule has 0 N–H and O–H groups in total. The van der Waals surface area contributed by atoms with Crippen LogP contribution < -0.4 is 14.7 Å². The first-order valence-electron chi connectivity index (χ1n) is 19.3. The number of morpholine rings is 1. The molecule has 4 rings (SSSR count). The van der Waals surface area contributed by atoms with Crippen molar-refractivity contribution in [1.82, 2.24) is 25.1 Å². The molecule has 11 nitrogen and oxygen atoms in total. The van der Waals surface area contributed by atoms with E-state index in [1.807, 2.05) is 12.2 Å². The van der Waals surface area contributed by atoms with Crippen molar-refractivity contribution >= 4 is 17.8 Å². The van der Waals surface area contributed by atoms with Crippen molar-refractivity contribution in [2.24, 2.45) is 0 Å². The van der Waals surface area contributed by atoms with Gasteiger partial charge < -0.3 is 19.4 Å². The molecule has 3 fully saturated rings. The van der Waals surface area contributed by atoms with E-state index >= 15 is 0 Å². The number of ether oxygens (including phenoxy) is 1. The van der Waals surface area contributed by atoms with Crippen LogP contribution in [0.5, 0.6) is 0 Å². The van der Waals surface area contributed by atoms with E-state index in [9.17, 15) is 0 Å². The highest BCUT2D eigenvalue weighted by molar-refractivity contribution is 5.48. The maximum Gasteiger partial charge on any atom is 0.232 e. The zero-order chi connectivity index (χ0) is 36.7. The van der Waals surface area contributed by atoms with Crippen LogP contribution in [-0.4, -0.2) is 112 Å². The normalized spacial score (nSPS) is 22.7. The van der Waals surface area contributed by atoms with Gasteiger partial charge in [-0.1, -0.05) is 38.8 Å². The molecule has 3 aliphatic heterocycles. The molecule has 0 radical (unpaired) electrons. The lowest BCUT2D eigenvalue weighted by Crippen LogP contribution is -2.64. The first-order chi connectivity index (χ1) is 23.6. The molecule has 4 heterocycles. The second-order valence-corrected chi connectivity index (χ2v) is 17.1. The molecule has 1 aromatic rings. The van der Waals surface area contributed by atoms with E-state index in [0.29, 0.717) is 26.4 Å². The topological polar surface area (TPSA) is 82.6 Å². The molecular weight excluding hydrogens is 628 g/mol. The monoisotopic (exact) mass is 699 g/mol. The van der Waals surface area contributed by atoms with Crippen molar-refractivity contribution in [2.75, 3.05) is 67.3 Å². The number of hydroxylamine groups is 4. The van der Waals surface area contributed by atoms with Gasteiger partial charge in [0.15, 0.2) is 0 Å². The van der Waals surface area contributed by atoms with E-state index in [-0.39, 0.29) is 34.2 Å². The second kappa shape index (κ2) is 17.0. The zero-order valence-corrected chi connectivity index (χ0v) is 33.3. The third-order valence-electron chi connectivity index (χ3n) is 10.6. The fourth-order valence-electron chi connectivity index (χ4n) is 8.87. The molecule has 0 aliphatic carbocycles. The van der Waals surface area contributed by atoms with Gasteiger partial charge in [0.25, 0.3) is 0 Å². The van der Waals surface area contributed by atoms with Crippen molar-refractivity contribution in [1.29, 1.82) is 0 Å². The van der Waals surface area contributed by atoms with Crippen molar-refractivity contribution in [3.8, 4) is 0 Å². The van der Waals surface area contributed by atoms with Crippen LogP contribution in [-0.2, 0) is 14.4 Å². The van der Waals surface area contributed by atoms with E-state index in [2.05, 4.69) is 107 Å². The van der Waals surface area contributed by atoms with Crippen molar-refractivity contribution < 1.29 is 14.4 Å². The van der Waals surface area contributed by atoms with Crippen LogP contribution in [0.15, 0.2) is 25.3 Å². The molecule has 284 valence electrons. The number of nitrogens with zero attached hydrogens (tertiary/aromatic N) is 8. The summed E-state index contributed by atoms with van der Waals surface area (Å²) in [6, 6.07) is 0.463. The number of rotatable bonds is 17. The Hall–Kier alpha value is -2.31. The van der Waals surface area contributed by atoms with Gasteiger partial charge in [0.1, 0.15) is 0 Å².